The zero-order valence-corrected chi connectivity index (χ0v) is 10.8. The van der Waals surface area contributed by atoms with Crippen LogP contribution in [0.5, 0.6) is 0 Å². The smallest absolute Gasteiger partial charge is 0.123 e. The summed E-state index contributed by atoms with van der Waals surface area (Å²) in [5, 5.41) is 0. The van der Waals surface area contributed by atoms with E-state index in [1.54, 1.807) is 12.1 Å². The lowest BCUT2D eigenvalue weighted by molar-refractivity contribution is 0.624. The van der Waals surface area contributed by atoms with E-state index in [-0.39, 0.29) is 5.82 Å². The van der Waals surface area contributed by atoms with E-state index in [1.165, 1.54) is 17.9 Å². The second-order valence-corrected chi connectivity index (χ2v) is 5.49. The Hall–Kier alpha value is -0.740. The molecule has 2 N–H and O–H groups in total. The first kappa shape index (κ1) is 12.7. The Labute approximate surface area is 106 Å². The van der Waals surface area contributed by atoms with Crippen LogP contribution in [0.15, 0.2) is 18.2 Å². The van der Waals surface area contributed by atoms with Crippen molar-refractivity contribution < 1.29 is 4.39 Å². The van der Waals surface area contributed by atoms with Crippen LogP contribution in [0.4, 0.5) is 10.1 Å². The molecule has 2 rings (SSSR count). The van der Waals surface area contributed by atoms with Gasteiger partial charge in [0.25, 0.3) is 0 Å². The SMILES string of the molecule is NCCc1cc(F)ccc1N1CCCSCC1. The third kappa shape index (κ3) is 3.36. The third-order valence-corrected chi connectivity index (χ3v) is 4.07. The normalized spacial score (nSPS) is 16.9. The Morgan fingerprint density at radius 1 is 1.29 bits per heavy atom. The van der Waals surface area contributed by atoms with Crippen molar-refractivity contribution in [2.75, 3.05) is 36.0 Å². The molecule has 1 aliphatic heterocycles. The predicted molar refractivity (Wildman–Crippen MR) is 73.3 cm³/mol. The van der Waals surface area contributed by atoms with Crippen LogP contribution in [-0.4, -0.2) is 31.1 Å². The highest BCUT2D eigenvalue weighted by atomic mass is 32.2. The van der Waals surface area contributed by atoms with Crippen LogP contribution in [0.2, 0.25) is 0 Å². The minimum absolute atomic E-state index is 0.165. The van der Waals surface area contributed by atoms with Crippen molar-refractivity contribution in [1.29, 1.82) is 0 Å². The lowest BCUT2D eigenvalue weighted by Gasteiger charge is -2.25. The Morgan fingerprint density at radius 3 is 3.00 bits per heavy atom. The first-order valence-corrected chi connectivity index (χ1v) is 7.28. The molecule has 0 aliphatic carbocycles. The summed E-state index contributed by atoms with van der Waals surface area (Å²) >= 11 is 2.00. The zero-order valence-electron chi connectivity index (χ0n) is 9.99. The molecular weight excluding hydrogens is 235 g/mol. The molecule has 2 nitrogen and oxygen atoms in total. The topological polar surface area (TPSA) is 29.3 Å². The molecule has 0 bridgehead atoms. The number of hydrogen-bond donors (Lipinski definition) is 1. The van der Waals surface area contributed by atoms with Crippen LogP contribution in [0.25, 0.3) is 0 Å². The summed E-state index contributed by atoms with van der Waals surface area (Å²) in [6.07, 6.45) is 1.95. The van der Waals surface area contributed by atoms with Crippen molar-refractivity contribution in [3.05, 3.63) is 29.6 Å². The van der Waals surface area contributed by atoms with E-state index in [0.29, 0.717) is 6.54 Å². The van der Waals surface area contributed by atoms with Crippen LogP contribution in [0, 0.1) is 5.82 Å². The number of nitrogens with zero attached hydrogens (tertiary/aromatic N) is 1. The molecule has 1 aromatic carbocycles. The minimum Gasteiger partial charge on any atom is -0.370 e. The highest BCUT2D eigenvalue weighted by Gasteiger charge is 2.13. The van der Waals surface area contributed by atoms with Gasteiger partial charge in [0.1, 0.15) is 5.82 Å². The van der Waals surface area contributed by atoms with Crippen molar-refractivity contribution in [2.24, 2.45) is 5.73 Å². The van der Waals surface area contributed by atoms with Gasteiger partial charge in [0.2, 0.25) is 0 Å². The van der Waals surface area contributed by atoms with Gasteiger partial charge in [-0.1, -0.05) is 0 Å². The van der Waals surface area contributed by atoms with Gasteiger partial charge < -0.3 is 10.6 Å². The number of nitrogens with two attached hydrogens (primary N) is 1. The quantitative estimate of drug-likeness (QED) is 0.897. The van der Waals surface area contributed by atoms with Gasteiger partial charge in [-0.2, -0.15) is 11.8 Å². The van der Waals surface area contributed by atoms with E-state index >= 15 is 0 Å². The summed E-state index contributed by atoms with van der Waals surface area (Å²) < 4.78 is 13.3. The maximum atomic E-state index is 13.3. The standard InChI is InChI=1S/C13H19FN2S/c14-12-2-3-13(11(10-12)4-5-15)16-6-1-8-17-9-7-16/h2-3,10H,1,4-9,15H2. The number of anilines is 1. The maximum absolute atomic E-state index is 13.3. The molecule has 0 aromatic heterocycles. The maximum Gasteiger partial charge on any atom is 0.123 e. The van der Waals surface area contributed by atoms with Gasteiger partial charge in [-0.05, 0) is 48.9 Å². The van der Waals surface area contributed by atoms with Crippen molar-refractivity contribution in [2.45, 2.75) is 12.8 Å². The number of halogens is 1. The first-order valence-electron chi connectivity index (χ1n) is 6.12. The minimum atomic E-state index is -0.165. The van der Waals surface area contributed by atoms with Crippen molar-refractivity contribution in [3.8, 4) is 0 Å². The summed E-state index contributed by atoms with van der Waals surface area (Å²) in [4.78, 5) is 2.37. The largest absolute Gasteiger partial charge is 0.370 e. The molecule has 0 amide bonds. The molecule has 0 spiro atoms. The zero-order chi connectivity index (χ0) is 12.1. The van der Waals surface area contributed by atoms with E-state index in [9.17, 15) is 4.39 Å². The molecule has 4 heteroatoms. The molecule has 0 saturated carbocycles. The fraction of sp³-hybridized carbons (Fsp3) is 0.538. The van der Waals surface area contributed by atoms with E-state index in [1.807, 2.05) is 17.8 Å². The highest BCUT2D eigenvalue weighted by molar-refractivity contribution is 7.99. The highest BCUT2D eigenvalue weighted by Crippen LogP contribution is 2.24. The third-order valence-electron chi connectivity index (χ3n) is 3.02. The number of thioether (sulfide) groups is 1. The van der Waals surface area contributed by atoms with Crippen LogP contribution in [0.1, 0.15) is 12.0 Å². The molecule has 1 saturated heterocycles. The van der Waals surface area contributed by atoms with E-state index in [2.05, 4.69) is 4.90 Å². The van der Waals surface area contributed by atoms with Gasteiger partial charge in [0, 0.05) is 24.5 Å². The van der Waals surface area contributed by atoms with Crippen molar-refractivity contribution >= 4 is 17.4 Å². The molecule has 1 heterocycles. The second kappa shape index (κ2) is 6.26. The van der Waals surface area contributed by atoms with Crippen molar-refractivity contribution in [3.63, 3.8) is 0 Å². The number of hydrogen-bond acceptors (Lipinski definition) is 3. The average molecular weight is 254 g/mol. The predicted octanol–water partition coefficient (Wildman–Crippen LogP) is 2.27. The summed E-state index contributed by atoms with van der Waals surface area (Å²) in [5.74, 6) is 2.21. The molecule has 17 heavy (non-hydrogen) atoms. The van der Waals surface area contributed by atoms with Crippen LogP contribution in [0.3, 0.4) is 0 Å². The Bertz CT molecular complexity index is 362. The van der Waals surface area contributed by atoms with Gasteiger partial charge in [-0.25, -0.2) is 4.39 Å². The molecule has 94 valence electrons. The second-order valence-electron chi connectivity index (χ2n) is 4.26. The summed E-state index contributed by atoms with van der Waals surface area (Å²) in [5.41, 5.74) is 7.80. The van der Waals surface area contributed by atoms with Gasteiger partial charge in [-0.15, -0.1) is 0 Å². The molecular formula is C13H19FN2S. The van der Waals surface area contributed by atoms with E-state index in [0.717, 1.165) is 30.8 Å². The number of rotatable bonds is 3. The average Bonchev–Trinajstić information content (AvgIpc) is 2.58. The van der Waals surface area contributed by atoms with Gasteiger partial charge in [0.05, 0.1) is 0 Å². The van der Waals surface area contributed by atoms with Gasteiger partial charge in [-0.3, -0.25) is 0 Å². The first-order chi connectivity index (χ1) is 8.31. The lowest BCUT2D eigenvalue weighted by Crippen LogP contribution is -2.27. The van der Waals surface area contributed by atoms with Crippen LogP contribution in [-0.2, 0) is 6.42 Å². The van der Waals surface area contributed by atoms with E-state index < -0.39 is 0 Å². The molecule has 0 radical (unpaired) electrons. The summed E-state index contributed by atoms with van der Waals surface area (Å²) in [7, 11) is 0. The Morgan fingerprint density at radius 2 is 2.18 bits per heavy atom. The molecule has 1 aromatic rings. The summed E-state index contributed by atoms with van der Waals surface area (Å²) in [6, 6.07) is 5.07. The molecule has 1 fully saturated rings. The monoisotopic (exact) mass is 254 g/mol. The summed E-state index contributed by atoms with van der Waals surface area (Å²) in [6.45, 7) is 2.68. The van der Waals surface area contributed by atoms with Gasteiger partial charge >= 0.3 is 0 Å². The van der Waals surface area contributed by atoms with Crippen LogP contribution >= 0.6 is 11.8 Å². The Kier molecular flexibility index (Phi) is 4.68. The van der Waals surface area contributed by atoms with Crippen molar-refractivity contribution in [1.82, 2.24) is 0 Å². The molecule has 1 aliphatic rings. The fourth-order valence-corrected chi connectivity index (χ4v) is 3.09. The van der Waals surface area contributed by atoms with E-state index in [4.69, 9.17) is 5.73 Å². The Balaban J connectivity index is 2.22. The molecule has 0 unspecified atom stereocenters. The number of benzene rings is 1. The lowest BCUT2D eigenvalue weighted by atomic mass is 10.1. The fourth-order valence-electron chi connectivity index (χ4n) is 2.21. The van der Waals surface area contributed by atoms with Crippen LogP contribution < -0.4 is 10.6 Å². The molecule has 0 atom stereocenters. The van der Waals surface area contributed by atoms with Gasteiger partial charge in [0.15, 0.2) is 0 Å².